The minimum atomic E-state index is -0.854. The van der Waals surface area contributed by atoms with Gasteiger partial charge in [0.25, 0.3) is 0 Å². The number of alkyl halides is 1. The Morgan fingerprint density at radius 1 is 1.06 bits per heavy atom. The van der Waals surface area contributed by atoms with E-state index in [4.69, 9.17) is 11.6 Å². The Morgan fingerprint density at radius 3 is 2.67 bits per heavy atom. The van der Waals surface area contributed by atoms with E-state index in [-0.39, 0.29) is 0 Å². The molecule has 0 spiro atoms. The van der Waals surface area contributed by atoms with E-state index in [1.807, 2.05) is 6.07 Å². The second-order valence-electron chi connectivity index (χ2n) is 10.1. The van der Waals surface area contributed by atoms with Gasteiger partial charge in [-0.15, -0.1) is 11.6 Å². The van der Waals surface area contributed by atoms with Gasteiger partial charge in [-0.2, -0.15) is 0 Å². The first-order valence-corrected chi connectivity index (χ1v) is 13.0. The van der Waals surface area contributed by atoms with E-state index >= 15 is 0 Å². The second kappa shape index (κ2) is 8.48. The predicted molar refractivity (Wildman–Crippen MR) is 133 cm³/mol. The average molecular weight is 463 g/mol. The molecule has 0 bridgehead atoms. The van der Waals surface area contributed by atoms with E-state index in [0.29, 0.717) is 29.3 Å². The van der Waals surface area contributed by atoms with Gasteiger partial charge in [0.15, 0.2) is 0 Å². The molecule has 5 heteroatoms. The number of carboxylic acid groups (broad SMARTS) is 1. The van der Waals surface area contributed by atoms with Gasteiger partial charge >= 0.3 is 5.97 Å². The third kappa shape index (κ3) is 3.41. The fourth-order valence-corrected chi connectivity index (χ4v) is 7.14. The highest BCUT2D eigenvalue weighted by atomic mass is 35.5. The lowest BCUT2D eigenvalue weighted by Gasteiger charge is -2.28. The summed E-state index contributed by atoms with van der Waals surface area (Å²) in [6.45, 7) is 2.91. The number of carboxylic acids is 1. The van der Waals surface area contributed by atoms with Gasteiger partial charge in [-0.3, -0.25) is 4.90 Å². The van der Waals surface area contributed by atoms with Crippen LogP contribution in [0.1, 0.15) is 72.0 Å². The first-order chi connectivity index (χ1) is 16.2. The highest BCUT2D eigenvalue weighted by molar-refractivity contribution is 6.18. The Kier molecular flexibility index (Phi) is 5.46. The molecule has 0 unspecified atom stereocenters. The van der Waals surface area contributed by atoms with Crippen molar-refractivity contribution in [2.24, 2.45) is 5.92 Å². The molecule has 2 aliphatic heterocycles. The van der Waals surface area contributed by atoms with Gasteiger partial charge in [-0.1, -0.05) is 49.6 Å². The average Bonchev–Trinajstić information content (AvgIpc) is 3.34. The van der Waals surface area contributed by atoms with Gasteiger partial charge in [0.1, 0.15) is 0 Å². The Hall–Kier alpha value is -2.30. The standard InChI is InChI=1S/C28H31ClN2O2/c29-13-15-30-14-12-20-17-31-24-16-19(28(32)33)10-11-23(24)25(18-6-2-1-3-7-18)27(31)22-9-5-4-8-21(22)26(20)30/h4-5,8-11,16,18,20,26H,1-3,6-7,12-15,17H2,(H,32,33)/t20-,26+/m0/s1. The number of benzene rings is 2. The lowest BCUT2D eigenvalue weighted by Crippen LogP contribution is -2.28. The monoisotopic (exact) mass is 462 g/mol. The summed E-state index contributed by atoms with van der Waals surface area (Å²) < 4.78 is 2.49. The molecule has 4 nitrogen and oxygen atoms in total. The van der Waals surface area contributed by atoms with Crippen molar-refractivity contribution in [3.05, 3.63) is 59.2 Å². The number of hydrogen-bond donors (Lipinski definition) is 1. The third-order valence-electron chi connectivity index (χ3n) is 8.31. The Balaban J connectivity index is 1.63. The van der Waals surface area contributed by atoms with Gasteiger partial charge < -0.3 is 9.67 Å². The lowest BCUT2D eigenvalue weighted by atomic mass is 9.81. The normalized spacial score (nSPS) is 23.2. The molecular formula is C28H31ClN2O2. The third-order valence-corrected chi connectivity index (χ3v) is 8.48. The molecule has 1 saturated carbocycles. The molecule has 2 atom stereocenters. The fourth-order valence-electron chi connectivity index (χ4n) is 6.93. The van der Waals surface area contributed by atoms with Crippen LogP contribution in [0, 0.1) is 5.92 Å². The summed E-state index contributed by atoms with van der Waals surface area (Å²) in [5.74, 6) is 0.834. The molecule has 6 rings (SSSR count). The van der Waals surface area contributed by atoms with Crippen LogP contribution in [0.3, 0.4) is 0 Å². The largest absolute Gasteiger partial charge is 0.478 e. The van der Waals surface area contributed by atoms with E-state index in [9.17, 15) is 9.90 Å². The van der Waals surface area contributed by atoms with Crippen molar-refractivity contribution in [3.63, 3.8) is 0 Å². The first kappa shape index (κ1) is 21.2. The van der Waals surface area contributed by atoms with Crippen LogP contribution in [0.2, 0.25) is 0 Å². The second-order valence-corrected chi connectivity index (χ2v) is 10.4. The summed E-state index contributed by atoms with van der Waals surface area (Å²) in [5, 5.41) is 11.0. The number of rotatable bonds is 4. The van der Waals surface area contributed by atoms with Crippen LogP contribution < -0.4 is 0 Å². The van der Waals surface area contributed by atoms with Crippen molar-refractivity contribution in [3.8, 4) is 11.3 Å². The summed E-state index contributed by atoms with van der Waals surface area (Å²) in [6, 6.07) is 15.1. The number of aromatic nitrogens is 1. The van der Waals surface area contributed by atoms with E-state index in [1.165, 1.54) is 59.9 Å². The smallest absolute Gasteiger partial charge is 0.335 e. The minimum absolute atomic E-state index is 0.372. The Labute approximate surface area is 200 Å². The maximum Gasteiger partial charge on any atom is 0.335 e. The summed E-state index contributed by atoms with van der Waals surface area (Å²) in [7, 11) is 0. The minimum Gasteiger partial charge on any atom is -0.478 e. The van der Waals surface area contributed by atoms with Crippen molar-refractivity contribution < 1.29 is 9.90 Å². The number of aromatic carboxylic acids is 1. The first-order valence-electron chi connectivity index (χ1n) is 12.5. The summed E-state index contributed by atoms with van der Waals surface area (Å²) in [6.07, 6.45) is 7.47. The van der Waals surface area contributed by atoms with E-state index in [2.05, 4.69) is 39.8 Å². The van der Waals surface area contributed by atoms with Crippen LogP contribution in [0.5, 0.6) is 0 Å². The van der Waals surface area contributed by atoms with Crippen molar-refractivity contribution in [2.45, 2.75) is 57.0 Å². The molecule has 3 aromatic rings. The molecule has 1 aliphatic carbocycles. The quantitative estimate of drug-likeness (QED) is 0.440. The van der Waals surface area contributed by atoms with Crippen LogP contribution in [0.25, 0.3) is 22.2 Å². The van der Waals surface area contributed by atoms with Gasteiger partial charge in [0.05, 0.1) is 11.3 Å². The zero-order chi connectivity index (χ0) is 22.5. The predicted octanol–water partition coefficient (Wildman–Crippen LogP) is 6.67. The van der Waals surface area contributed by atoms with Crippen LogP contribution in [0.4, 0.5) is 0 Å². The molecule has 0 amide bonds. The maximum absolute atomic E-state index is 11.9. The van der Waals surface area contributed by atoms with Gasteiger partial charge in [0, 0.05) is 41.5 Å². The Morgan fingerprint density at radius 2 is 1.88 bits per heavy atom. The molecular weight excluding hydrogens is 432 g/mol. The zero-order valence-corrected chi connectivity index (χ0v) is 19.7. The van der Waals surface area contributed by atoms with Gasteiger partial charge in [-0.05, 0) is 60.9 Å². The molecule has 33 heavy (non-hydrogen) atoms. The highest BCUT2D eigenvalue weighted by Crippen LogP contribution is 2.51. The fraction of sp³-hybridized carbons (Fsp3) is 0.464. The molecule has 0 radical (unpaired) electrons. The van der Waals surface area contributed by atoms with E-state index in [0.717, 1.165) is 31.6 Å². The van der Waals surface area contributed by atoms with Crippen LogP contribution >= 0.6 is 11.6 Å². The molecule has 3 heterocycles. The summed E-state index contributed by atoms with van der Waals surface area (Å²) in [4.78, 5) is 14.4. The van der Waals surface area contributed by atoms with Crippen molar-refractivity contribution in [1.29, 1.82) is 0 Å². The molecule has 3 aliphatic rings. The summed E-state index contributed by atoms with van der Waals surface area (Å²) in [5.41, 5.74) is 7.02. The van der Waals surface area contributed by atoms with Gasteiger partial charge in [-0.25, -0.2) is 4.79 Å². The van der Waals surface area contributed by atoms with E-state index in [1.54, 1.807) is 6.07 Å². The van der Waals surface area contributed by atoms with Crippen LogP contribution in [-0.4, -0.2) is 39.5 Å². The lowest BCUT2D eigenvalue weighted by molar-refractivity contribution is 0.0697. The zero-order valence-electron chi connectivity index (χ0n) is 19.0. The number of nitrogens with zero attached hydrogens (tertiary/aromatic N) is 2. The molecule has 1 aromatic heterocycles. The van der Waals surface area contributed by atoms with Crippen molar-refractivity contribution in [1.82, 2.24) is 9.47 Å². The SMILES string of the molecule is O=C(O)c1ccc2c(C3CCCCC3)c3n(c2c1)C[C@@H]1CCN(CCCl)[C@H]1c1ccccc1-3. The molecule has 1 N–H and O–H groups in total. The number of fused-ring (bicyclic) bond motifs is 7. The maximum atomic E-state index is 11.9. The number of carbonyl (C=O) groups is 1. The van der Waals surface area contributed by atoms with Crippen molar-refractivity contribution in [2.75, 3.05) is 19.0 Å². The number of halogens is 1. The molecule has 2 aromatic carbocycles. The molecule has 1 saturated heterocycles. The van der Waals surface area contributed by atoms with Crippen molar-refractivity contribution >= 4 is 28.5 Å². The molecule has 2 fully saturated rings. The highest BCUT2D eigenvalue weighted by Gasteiger charge is 2.40. The Bertz CT molecular complexity index is 1210. The summed E-state index contributed by atoms with van der Waals surface area (Å²) >= 11 is 6.20. The number of hydrogen-bond acceptors (Lipinski definition) is 2. The number of likely N-dealkylation sites (tertiary alicyclic amines) is 1. The topological polar surface area (TPSA) is 45.5 Å². The molecule has 172 valence electrons. The van der Waals surface area contributed by atoms with Crippen LogP contribution in [0.15, 0.2) is 42.5 Å². The van der Waals surface area contributed by atoms with E-state index < -0.39 is 5.97 Å². The van der Waals surface area contributed by atoms with Crippen LogP contribution in [-0.2, 0) is 6.54 Å². The van der Waals surface area contributed by atoms with Gasteiger partial charge in [0.2, 0.25) is 0 Å².